The van der Waals surface area contributed by atoms with E-state index in [1.807, 2.05) is 42.5 Å². The molecule has 5 N–H and O–H groups in total. The Morgan fingerprint density at radius 1 is 0.941 bits per heavy atom. The molecule has 0 aromatic heterocycles. The maximum Gasteiger partial charge on any atom is 0.0486 e. The van der Waals surface area contributed by atoms with Crippen molar-refractivity contribution in [2.45, 2.75) is 13.0 Å². The normalized spacial score (nSPS) is 12.1. The molecular weight excluding hydrogens is 210 g/mol. The lowest BCUT2D eigenvalue weighted by Crippen LogP contribution is -2.06. The van der Waals surface area contributed by atoms with Crippen molar-refractivity contribution >= 4 is 17.1 Å². The Balaban J connectivity index is 2.11. The van der Waals surface area contributed by atoms with E-state index in [1.54, 1.807) is 0 Å². The molecule has 2 aromatic carbocycles. The standard InChI is InChI=1S/C14H17N3/c1-10(11-3-2-4-13(16)9-11)17-14-7-5-12(15)6-8-14/h2-10,17H,15-16H2,1H3. The summed E-state index contributed by atoms with van der Waals surface area (Å²) in [5, 5.41) is 3.40. The van der Waals surface area contributed by atoms with Gasteiger partial charge in [-0.15, -0.1) is 0 Å². The summed E-state index contributed by atoms with van der Waals surface area (Å²) in [5.74, 6) is 0. The van der Waals surface area contributed by atoms with Crippen molar-refractivity contribution in [2.24, 2.45) is 0 Å². The van der Waals surface area contributed by atoms with E-state index in [9.17, 15) is 0 Å². The van der Waals surface area contributed by atoms with Gasteiger partial charge in [0.05, 0.1) is 0 Å². The predicted molar refractivity (Wildman–Crippen MR) is 73.7 cm³/mol. The zero-order valence-electron chi connectivity index (χ0n) is 9.85. The van der Waals surface area contributed by atoms with Crippen molar-refractivity contribution in [3.63, 3.8) is 0 Å². The zero-order chi connectivity index (χ0) is 12.3. The largest absolute Gasteiger partial charge is 0.399 e. The maximum absolute atomic E-state index is 5.77. The SMILES string of the molecule is CC(Nc1ccc(N)cc1)c1cccc(N)c1. The molecule has 0 amide bonds. The monoisotopic (exact) mass is 227 g/mol. The molecule has 88 valence electrons. The lowest BCUT2D eigenvalue weighted by atomic mass is 10.1. The number of hydrogen-bond donors (Lipinski definition) is 3. The molecule has 1 unspecified atom stereocenters. The van der Waals surface area contributed by atoms with Crippen LogP contribution in [0.1, 0.15) is 18.5 Å². The van der Waals surface area contributed by atoms with Gasteiger partial charge in [0.15, 0.2) is 0 Å². The zero-order valence-corrected chi connectivity index (χ0v) is 9.85. The Morgan fingerprint density at radius 3 is 2.29 bits per heavy atom. The fourth-order valence-electron chi connectivity index (χ4n) is 1.74. The molecule has 0 heterocycles. The van der Waals surface area contributed by atoms with Crippen LogP contribution in [0.15, 0.2) is 48.5 Å². The second-order valence-corrected chi connectivity index (χ2v) is 4.16. The van der Waals surface area contributed by atoms with Gasteiger partial charge in [0.2, 0.25) is 0 Å². The Labute approximate surface area is 101 Å². The van der Waals surface area contributed by atoms with Gasteiger partial charge in [-0.3, -0.25) is 0 Å². The fraction of sp³-hybridized carbons (Fsp3) is 0.143. The average molecular weight is 227 g/mol. The molecule has 0 fully saturated rings. The summed E-state index contributed by atoms with van der Waals surface area (Å²) in [6.07, 6.45) is 0. The maximum atomic E-state index is 5.77. The number of benzene rings is 2. The molecule has 0 saturated carbocycles. The fourth-order valence-corrected chi connectivity index (χ4v) is 1.74. The molecule has 0 radical (unpaired) electrons. The first-order valence-corrected chi connectivity index (χ1v) is 5.62. The predicted octanol–water partition coefficient (Wildman–Crippen LogP) is 3.02. The van der Waals surface area contributed by atoms with Crippen LogP contribution in [0.3, 0.4) is 0 Å². The van der Waals surface area contributed by atoms with Gasteiger partial charge in [-0.25, -0.2) is 0 Å². The van der Waals surface area contributed by atoms with Crippen LogP contribution in [-0.4, -0.2) is 0 Å². The van der Waals surface area contributed by atoms with Gasteiger partial charge in [0.25, 0.3) is 0 Å². The van der Waals surface area contributed by atoms with Crippen molar-refractivity contribution in [3.8, 4) is 0 Å². The minimum Gasteiger partial charge on any atom is -0.399 e. The molecule has 0 aliphatic carbocycles. The van der Waals surface area contributed by atoms with Gasteiger partial charge in [-0.2, -0.15) is 0 Å². The number of hydrogen-bond acceptors (Lipinski definition) is 3. The van der Waals surface area contributed by atoms with E-state index in [0.29, 0.717) is 0 Å². The molecule has 0 saturated heterocycles. The van der Waals surface area contributed by atoms with Crippen LogP contribution < -0.4 is 16.8 Å². The first-order valence-electron chi connectivity index (χ1n) is 5.62. The number of nitrogens with one attached hydrogen (secondary N) is 1. The molecule has 1 atom stereocenters. The molecule has 3 nitrogen and oxygen atoms in total. The van der Waals surface area contributed by atoms with Crippen LogP contribution in [0.2, 0.25) is 0 Å². The van der Waals surface area contributed by atoms with Crippen molar-refractivity contribution in [1.29, 1.82) is 0 Å². The van der Waals surface area contributed by atoms with E-state index in [1.165, 1.54) is 5.56 Å². The molecule has 0 aliphatic rings. The summed E-state index contributed by atoms with van der Waals surface area (Å²) in [6.45, 7) is 2.10. The van der Waals surface area contributed by atoms with Crippen molar-refractivity contribution in [3.05, 3.63) is 54.1 Å². The summed E-state index contributed by atoms with van der Waals surface area (Å²) in [5.41, 5.74) is 15.2. The quantitative estimate of drug-likeness (QED) is 0.706. The number of anilines is 3. The highest BCUT2D eigenvalue weighted by Crippen LogP contribution is 2.21. The van der Waals surface area contributed by atoms with Crippen molar-refractivity contribution in [2.75, 3.05) is 16.8 Å². The molecule has 17 heavy (non-hydrogen) atoms. The lowest BCUT2D eigenvalue weighted by Gasteiger charge is -2.16. The van der Waals surface area contributed by atoms with E-state index in [4.69, 9.17) is 11.5 Å². The highest BCUT2D eigenvalue weighted by Gasteiger charge is 2.04. The molecular formula is C14H17N3. The summed E-state index contributed by atoms with van der Waals surface area (Å²) in [7, 11) is 0. The molecule has 0 bridgehead atoms. The van der Waals surface area contributed by atoms with E-state index < -0.39 is 0 Å². The minimum atomic E-state index is 0.210. The van der Waals surface area contributed by atoms with Crippen LogP contribution in [-0.2, 0) is 0 Å². The second-order valence-electron chi connectivity index (χ2n) is 4.16. The number of rotatable bonds is 3. The van der Waals surface area contributed by atoms with Gasteiger partial charge in [-0.05, 0) is 48.9 Å². The first kappa shape index (κ1) is 11.3. The van der Waals surface area contributed by atoms with Gasteiger partial charge < -0.3 is 16.8 Å². The molecule has 0 aliphatic heterocycles. The highest BCUT2D eigenvalue weighted by atomic mass is 14.9. The third-order valence-corrected chi connectivity index (χ3v) is 2.70. The molecule has 0 spiro atoms. The Morgan fingerprint density at radius 2 is 1.65 bits per heavy atom. The van der Waals surface area contributed by atoms with Crippen molar-refractivity contribution < 1.29 is 0 Å². The second kappa shape index (κ2) is 4.78. The topological polar surface area (TPSA) is 64.1 Å². The van der Waals surface area contributed by atoms with E-state index in [0.717, 1.165) is 17.1 Å². The van der Waals surface area contributed by atoms with Crippen LogP contribution in [0.5, 0.6) is 0 Å². The number of nitrogen functional groups attached to an aromatic ring is 2. The van der Waals surface area contributed by atoms with Gasteiger partial charge >= 0.3 is 0 Å². The van der Waals surface area contributed by atoms with Gasteiger partial charge in [0.1, 0.15) is 0 Å². The third-order valence-electron chi connectivity index (χ3n) is 2.70. The molecule has 2 aromatic rings. The van der Waals surface area contributed by atoms with E-state index >= 15 is 0 Å². The summed E-state index contributed by atoms with van der Waals surface area (Å²) in [6, 6.07) is 15.8. The summed E-state index contributed by atoms with van der Waals surface area (Å²) < 4.78 is 0. The lowest BCUT2D eigenvalue weighted by molar-refractivity contribution is 0.885. The first-order chi connectivity index (χ1) is 8.15. The van der Waals surface area contributed by atoms with Crippen LogP contribution in [0.25, 0.3) is 0 Å². The summed E-state index contributed by atoms with van der Waals surface area (Å²) >= 11 is 0. The van der Waals surface area contributed by atoms with Crippen LogP contribution in [0, 0.1) is 0 Å². The smallest absolute Gasteiger partial charge is 0.0486 e. The Hall–Kier alpha value is -2.16. The third kappa shape index (κ3) is 2.91. The minimum absolute atomic E-state index is 0.210. The van der Waals surface area contributed by atoms with Gasteiger partial charge in [-0.1, -0.05) is 12.1 Å². The van der Waals surface area contributed by atoms with Crippen LogP contribution in [0.4, 0.5) is 17.1 Å². The summed E-state index contributed by atoms with van der Waals surface area (Å²) in [4.78, 5) is 0. The average Bonchev–Trinajstić information content (AvgIpc) is 2.32. The van der Waals surface area contributed by atoms with Gasteiger partial charge in [0, 0.05) is 23.1 Å². The number of nitrogens with two attached hydrogens (primary N) is 2. The Bertz CT molecular complexity index is 491. The molecule has 3 heteroatoms. The van der Waals surface area contributed by atoms with E-state index in [2.05, 4.69) is 18.3 Å². The van der Waals surface area contributed by atoms with E-state index in [-0.39, 0.29) is 6.04 Å². The Kier molecular flexibility index (Phi) is 3.19. The van der Waals surface area contributed by atoms with Crippen LogP contribution >= 0.6 is 0 Å². The van der Waals surface area contributed by atoms with Crippen molar-refractivity contribution in [1.82, 2.24) is 0 Å². The highest BCUT2D eigenvalue weighted by molar-refractivity contribution is 5.53. The molecule has 2 rings (SSSR count).